The van der Waals surface area contributed by atoms with Crippen LogP contribution in [0.3, 0.4) is 0 Å². The fourth-order valence-electron chi connectivity index (χ4n) is 3.11. The Morgan fingerprint density at radius 1 is 1.24 bits per heavy atom. The zero-order chi connectivity index (χ0) is 18.0. The van der Waals surface area contributed by atoms with E-state index in [1.165, 1.54) is 4.90 Å². The summed E-state index contributed by atoms with van der Waals surface area (Å²) in [6.07, 6.45) is 5.06. The van der Waals surface area contributed by atoms with Crippen molar-refractivity contribution in [3.8, 4) is 11.5 Å². The van der Waals surface area contributed by atoms with Crippen LogP contribution >= 0.6 is 0 Å². The van der Waals surface area contributed by atoms with Crippen molar-refractivity contribution in [3.63, 3.8) is 0 Å². The average Bonchev–Trinajstić information content (AvgIpc) is 2.93. The fourth-order valence-corrected chi connectivity index (χ4v) is 3.11. The Kier molecular flexibility index (Phi) is 4.86. The molecule has 0 radical (unpaired) electrons. The first-order valence-electron chi connectivity index (χ1n) is 8.58. The number of pyridine rings is 1. The van der Waals surface area contributed by atoms with Crippen LogP contribution in [-0.4, -0.2) is 29.0 Å². The summed E-state index contributed by atoms with van der Waals surface area (Å²) < 4.78 is 5.92. The van der Waals surface area contributed by atoms with Crippen LogP contribution in [-0.2, 0) is 6.54 Å². The highest BCUT2D eigenvalue weighted by Gasteiger charge is 2.34. The molecule has 0 fully saturated rings. The fraction of sp³-hybridized carbons (Fsp3) is 0.300. The summed E-state index contributed by atoms with van der Waals surface area (Å²) >= 11 is 0. The molecule has 2 heterocycles. The summed E-state index contributed by atoms with van der Waals surface area (Å²) in [4.78, 5) is 18.1. The molecule has 0 bridgehead atoms. The van der Waals surface area contributed by atoms with Gasteiger partial charge in [-0.2, -0.15) is 0 Å². The van der Waals surface area contributed by atoms with E-state index in [9.17, 15) is 9.90 Å². The number of ether oxygens (including phenoxy) is 1. The highest BCUT2D eigenvalue weighted by Crippen LogP contribution is 2.41. The second-order valence-electron chi connectivity index (χ2n) is 6.25. The first-order valence-corrected chi connectivity index (χ1v) is 8.58. The highest BCUT2D eigenvalue weighted by molar-refractivity contribution is 6.15. The van der Waals surface area contributed by atoms with E-state index < -0.39 is 0 Å². The van der Waals surface area contributed by atoms with Crippen molar-refractivity contribution in [3.05, 3.63) is 58.6 Å². The molecular formula is C20H23N2O3+. The molecule has 5 heteroatoms. The Morgan fingerprint density at radius 2 is 1.92 bits per heavy atom. The van der Waals surface area contributed by atoms with E-state index in [0.29, 0.717) is 23.4 Å². The van der Waals surface area contributed by atoms with Gasteiger partial charge in [-0.25, -0.2) is 0 Å². The zero-order valence-corrected chi connectivity index (χ0v) is 14.8. The molecule has 0 amide bonds. The number of carbonyl (C=O) groups is 1. The maximum atomic E-state index is 12.8. The minimum Gasteiger partial charge on any atom is -0.507 e. The van der Waals surface area contributed by atoms with Gasteiger partial charge in [0.15, 0.2) is 11.5 Å². The molecule has 5 nitrogen and oxygen atoms in total. The molecule has 0 atom stereocenters. The smallest absolute Gasteiger partial charge is 0.232 e. The summed E-state index contributed by atoms with van der Waals surface area (Å²) in [5.41, 5.74) is 2.84. The molecule has 1 aliphatic heterocycles. The summed E-state index contributed by atoms with van der Waals surface area (Å²) in [7, 11) is 0. The highest BCUT2D eigenvalue weighted by atomic mass is 16.5. The molecule has 0 spiro atoms. The van der Waals surface area contributed by atoms with Gasteiger partial charge in [-0.1, -0.05) is 0 Å². The van der Waals surface area contributed by atoms with Gasteiger partial charge in [0.25, 0.3) is 0 Å². The van der Waals surface area contributed by atoms with Gasteiger partial charge >= 0.3 is 0 Å². The largest absolute Gasteiger partial charge is 0.507 e. The third-order valence-corrected chi connectivity index (χ3v) is 4.65. The Bertz CT molecular complexity index is 825. The number of nitrogens with zero attached hydrogens (tertiary/aromatic N) is 1. The maximum Gasteiger partial charge on any atom is 0.232 e. The van der Waals surface area contributed by atoms with Gasteiger partial charge in [-0.05, 0) is 56.2 Å². The lowest BCUT2D eigenvalue weighted by Crippen LogP contribution is -3.10. The number of ketones is 1. The van der Waals surface area contributed by atoms with Crippen molar-refractivity contribution in [2.24, 2.45) is 0 Å². The molecule has 0 saturated carbocycles. The van der Waals surface area contributed by atoms with Crippen molar-refractivity contribution < 1.29 is 19.5 Å². The number of aromatic nitrogens is 1. The lowest BCUT2D eigenvalue weighted by Gasteiger charge is -2.18. The van der Waals surface area contributed by atoms with E-state index in [4.69, 9.17) is 4.74 Å². The normalized spacial score (nSPS) is 14.9. The molecule has 3 rings (SSSR count). The Morgan fingerprint density at radius 3 is 2.56 bits per heavy atom. The molecule has 0 saturated heterocycles. The number of benzene rings is 1. The molecule has 0 aliphatic carbocycles. The number of aromatic hydroxyl groups is 1. The summed E-state index contributed by atoms with van der Waals surface area (Å²) in [6.45, 7) is 8.52. The standard InChI is InChI=1S/C20H22N2O3/c1-4-22(5-2)12-15-16(23)10-13(3)18-19(24)17(25-20(15)18)11-14-6-8-21-9-7-14/h6-11,23H,4-5,12H2,1-3H3/p+1/b17-11-. The molecule has 2 aromatic rings. The van der Waals surface area contributed by atoms with Crippen molar-refractivity contribution in [2.45, 2.75) is 27.3 Å². The molecule has 130 valence electrons. The van der Waals surface area contributed by atoms with Crippen molar-refractivity contribution in [1.29, 1.82) is 0 Å². The van der Waals surface area contributed by atoms with E-state index in [1.807, 2.05) is 19.1 Å². The minimum atomic E-state index is -0.139. The Hall–Kier alpha value is -2.66. The number of phenolic OH excluding ortho intramolecular Hbond substituents is 1. The van der Waals surface area contributed by atoms with Crippen molar-refractivity contribution >= 4 is 11.9 Å². The molecule has 1 aliphatic rings. The number of carbonyl (C=O) groups excluding carboxylic acids is 1. The second-order valence-corrected chi connectivity index (χ2v) is 6.25. The third kappa shape index (κ3) is 3.28. The van der Waals surface area contributed by atoms with Crippen LogP contribution in [0.4, 0.5) is 0 Å². The predicted octanol–water partition coefficient (Wildman–Crippen LogP) is 2.14. The number of Topliss-reactive ketones (excluding diaryl/α,β-unsaturated/α-hetero) is 1. The topological polar surface area (TPSA) is 63.9 Å². The van der Waals surface area contributed by atoms with E-state index in [0.717, 1.165) is 24.2 Å². The second kappa shape index (κ2) is 7.07. The summed E-state index contributed by atoms with van der Waals surface area (Å²) in [5.74, 6) is 0.835. The number of nitrogens with one attached hydrogen (secondary N) is 1. The van der Waals surface area contributed by atoms with Crippen LogP contribution in [0.2, 0.25) is 0 Å². The first kappa shape index (κ1) is 17.2. The molecule has 25 heavy (non-hydrogen) atoms. The number of hydrogen-bond donors (Lipinski definition) is 2. The first-order chi connectivity index (χ1) is 12.0. The van der Waals surface area contributed by atoms with Gasteiger partial charge in [0, 0.05) is 12.4 Å². The van der Waals surface area contributed by atoms with Gasteiger partial charge in [0.05, 0.1) is 24.2 Å². The van der Waals surface area contributed by atoms with E-state index >= 15 is 0 Å². The lowest BCUT2D eigenvalue weighted by molar-refractivity contribution is -0.910. The molecule has 1 aromatic heterocycles. The number of hydrogen-bond acceptors (Lipinski definition) is 4. The van der Waals surface area contributed by atoms with Crippen molar-refractivity contribution in [2.75, 3.05) is 13.1 Å². The van der Waals surface area contributed by atoms with Crippen LogP contribution in [0.5, 0.6) is 11.5 Å². The van der Waals surface area contributed by atoms with Crippen LogP contribution in [0.15, 0.2) is 36.4 Å². The van der Waals surface area contributed by atoms with Gasteiger partial charge in [0.1, 0.15) is 12.3 Å². The van der Waals surface area contributed by atoms with Crippen LogP contribution in [0.25, 0.3) is 6.08 Å². The third-order valence-electron chi connectivity index (χ3n) is 4.65. The minimum absolute atomic E-state index is 0.139. The summed E-state index contributed by atoms with van der Waals surface area (Å²) in [5, 5.41) is 10.4. The summed E-state index contributed by atoms with van der Waals surface area (Å²) in [6, 6.07) is 5.30. The number of quaternary nitrogens is 1. The number of fused-ring (bicyclic) bond motifs is 1. The van der Waals surface area contributed by atoms with Crippen LogP contribution < -0.4 is 9.64 Å². The lowest BCUT2D eigenvalue weighted by atomic mass is 9.99. The van der Waals surface area contributed by atoms with Crippen LogP contribution in [0.1, 0.15) is 40.9 Å². The number of allylic oxidation sites excluding steroid dienone is 1. The van der Waals surface area contributed by atoms with Gasteiger partial charge < -0.3 is 14.7 Å². The molecular weight excluding hydrogens is 316 g/mol. The van der Waals surface area contributed by atoms with E-state index in [2.05, 4.69) is 18.8 Å². The monoisotopic (exact) mass is 339 g/mol. The Balaban J connectivity index is 2.04. The number of rotatable bonds is 5. The molecule has 1 aromatic carbocycles. The van der Waals surface area contributed by atoms with Gasteiger partial charge in [0.2, 0.25) is 5.78 Å². The molecule has 0 unspecified atom stereocenters. The molecule has 2 N–H and O–H groups in total. The van der Waals surface area contributed by atoms with Gasteiger partial charge in [-0.15, -0.1) is 0 Å². The maximum absolute atomic E-state index is 12.8. The number of aryl methyl sites for hydroxylation is 1. The van der Waals surface area contributed by atoms with Gasteiger partial charge in [-0.3, -0.25) is 9.78 Å². The average molecular weight is 339 g/mol. The van der Waals surface area contributed by atoms with E-state index in [1.54, 1.807) is 24.5 Å². The number of phenols is 1. The zero-order valence-electron chi connectivity index (χ0n) is 14.8. The SMILES string of the molecule is CC[NH+](CC)Cc1c(O)cc(C)c2c1O/C(=C\c1ccncc1)C2=O. The van der Waals surface area contributed by atoms with Crippen LogP contribution in [0, 0.1) is 6.92 Å². The van der Waals surface area contributed by atoms with E-state index in [-0.39, 0.29) is 17.3 Å². The predicted molar refractivity (Wildman–Crippen MR) is 95.8 cm³/mol. The Labute approximate surface area is 147 Å². The quantitative estimate of drug-likeness (QED) is 0.819. The van der Waals surface area contributed by atoms with Crippen molar-refractivity contribution in [1.82, 2.24) is 4.98 Å².